The first kappa shape index (κ1) is 25.0. The number of nitrogens with zero attached hydrogens (tertiary/aromatic N) is 4. The molecule has 0 unspecified atom stereocenters. The highest BCUT2D eigenvalue weighted by molar-refractivity contribution is 5.96. The van der Waals surface area contributed by atoms with Crippen LogP contribution in [0.2, 0.25) is 0 Å². The van der Waals surface area contributed by atoms with Crippen molar-refractivity contribution in [3.8, 4) is 0 Å². The number of rotatable bonds is 8. The van der Waals surface area contributed by atoms with Gasteiger partial charge in [-0.1, -0.05) is 39.8 Å². The van der Waals surface area contributed by atoms with Crippen LogP contribution in [0.4, 0.5) is 15.9 Å². The Balaban J connectivity index is 1.81. The Hall–Kier alpha value is -3.61. The van der Waals surface area contributed by atoms with Crippen molar-refractivity contribution in [2.75, 3.05) is 16.3 Å². The summed E-state index contributed by atoms with van der Waals surface area (Å²) < 4.78 is 13.4. The normalized spacial score (nSPS) is 11.2. The lowest BCUT2D eigenvalue weighted by atomic mass is 9.94. The smallest absolute Gasteiger partial charge is 0.232 e. The van der Waals surface area contributed by atoms with E-state index in [9.17, 15) is 14.0 Å². The van der Waals surface area contributed by atoms with Gasteiger partial charge < -0.3 is 4.90 Å². The molecule has 0 aliphatic rings. The molecular formula is C27H31FN4O2. The Morgan fingerprint density at radius 1 is 0.941 bits per heavy atom. The number of hydrogen-bond acceptors (Lipinski definition) is 4. The van der Waals surface area contributed by atoms with Gasteiger partial charge in [-0.2, -0.15) is 0 Å². The molecule has 7 heteroatoms. The van der Waals surface area contributed by atoms with Crippen LogP contribution in [0.1, 0.15) is 45.2 Å². The fourth-order valence-electron chi connectivity index (χ4n) is 3.50. The van der Waals surface area contributed by atoms with Crippen molar-refractivity contribution in [3.05, 3.63) is 84.1 Å². The Labute approximate surface area is 200 Å². The van der Waals surface area contributed by atoms with Crippen LogP contribution in [0, 0.1) is 11.2 Å². The van der Waals surface area contributed by atoms with Gasteiger partial charge in [0.05, 0.1) is 6.54 Å². The van der Waals surface area contributed by atoms with Crippen molar-refractivity contribution in [1.82, 2.24) is 9.97 Å². The molecule has 0 N–H and O–H groups in total. The Kier molecular flexibility index (Phi) is 8.10. The quantitative estimate of drug-likeness (QED) is 0.463. The minimum Gasteiger partial charge on any atom is -0.307 e. The molecule has 34 heavy (non-hydrogen) atoms. The van der Waals surface area contributed by atoms with E-state index in [4.69, 9.17) is 0 Å². The van der Waals surface area contributed by atoms with Crippen LogP contribution in [-0.2, 0) is 22.6 Å². The van der Waals surface area contributed by atoms with Crippen molar-refractivity contribution in [1.29, 1.82) is 0 Å². The summed E-state index contributed by atoms with van der Waals surface area (Å²) in [7, 11) is 0. The van der Waals surface area contributed by atoms with E-state index in [0.29, 0.717) is 30.9 Å². The SMILES string of the molecule is CCC(=O)N(CCc1cccnc1)c1ccc(CN(C(=O)C(C)(C)C)c2ccc(F)cc2)cn1. The lowest BCUT2D eigenvalue weighted by Crippen LogP contribution is -2.39. The fraction of sp³-hybridized carbons (Fsp3) is 0.333. The maximum atomic E-state index is 13.4. The zero-order chi connectivity index (χ0) is 24.7. The molecule has 178 valence electrons. The number of aromatic nitrogens is 2. The van der Waals surface area contributed by atoms with Crippen molar-refractivity contribution in [2.24, 2.45) is 5.41 Å². The molecule has 0 spiro atoms. The first-order valence-corrected chi connectivity index (χ1v) is 11.4. The minimum atomic E-state index is -0.613. The van der Waals surface area contributed by atoms with Gasteiger partial charge in [0.15, 0.2) is 0 Å². The Morgan fingerprint density at radius 2 is 1.68 bits per heavy atom. The second-order valence-corrected chi connectivity index (χ2v) is 9.15. The molecule has 0 saturated carbocycles. The van der Waals surface area contributed by atoms with Crippen molar-refractivity contribution < 1.29 is 14.0 Å². The van der Waals surface area contributed by atoms with Crippen LogP contribution >= 0.6 is 0 Å². The zero-order valence-corrected chi connectivity index (χ0v) is 20.2. The third-order valence-electron chi connectivity index (χ3n) is 5.40. The van der Waals surface area contributed by atoms with E-state index in [0.717, 1.165) is 11.1 Å². The molecule has 3 aromatic rings. The number of amides is 2. The number of benzene rings is 1. The number of hydrogen-bond donors (Lipinski definition) is 0. The van der Waals surface area contributed by atoms with Gasteiger partial charge in [0.25, 0.3) is 0 Å². The number of halogens is 1. The van der Waals surface area contributed by atoms with Crippen molar-refractivity contribution in [3.63, 3.8) is 0 Å². The van der Waals surface area contributed by atoms with Gasteiger partial charge in [-0.25, -0.2) is 9.37 Å². The predicted molar refractivity (Wildman–Crippen MR) is 132 cm³/mol. The largest absolute Gasteiger partial charge is 0.307 e. The molecule has 0 fully saturated rings. The first-order chi connectivity index (χ1) is 16.2. The van der Waals surface area contributed by atoms with Gasteiger partial charge in [0.1, 0.15) is 11.6 Å². The summed E-state index contributed by atoms with van der Waals surface area (Å²) in [6.45, 7) is 8.16. The standard InChI is InChI=1S/C27H31FN4O2/c1-5-25(33)31(16-14-20-7-6-15-29-17-20)24-13-8-21(18-30-24)19-32(26(34)27(2,3)4)23-11-9-22(28)10-12-23/h6-13,15,17-18H,5,14,16,19H2,1-4H3. The van der Waals surface area contributed by atoms with E-state index in [1.165, 1.54) is 12.1 Å². The predicted octanol–water partition coefficient (Wildman–Crippen LogP) is 5.18. The number of carbonyl (C=O) groups is 2. The molecule has 1 aromatic carbocycles. The highest BCUT2D eigenvalue weighted by atomic mass is 19.1. The molecular weight excluding hydrogens is 431 g/mol. The molecule has 2 amide bonds. The monoisotopic (exact) mass is 462 g/mol. The molecule has 0 aliphatic carbocycles. The average Bonchev–Trinajstić information content (AvgIpc) is 2.83. The minimum absolute atomic E-state index is 0.0139. The molecule has 6 nitrogen and oxygen atoms in total. The molecule has 2 heterocycles. The van der Waals surface area contributed by atoms with Crippen LogP contribution in [0.3, 0.4) is 0 Å². The molecule has 0 atom stereocenters. The second-order valence-electron chi connectivity index (χ2n) is 9.15. The Bertz CT molecular complexity index is 1090. The molecule has 2 aromatic heterocycles. The number of anilines is 2. The lowest BCUT2D eigenvalue weighted by Gasteiger charge is -2.30. The van der Waals surface area contributed by atoms with Gasteiger partial charge in [-0.15, -0.1) is 0 Å². The van der Waals surface area contributed by atoms with Crippen molar-refractivity contribution >= 4 is 23.3 Å². The maximum absolute atomic E-state index is 13.4. The fourth-order valence-corrected chi connectivity index (χ4v) is 3.50. The average molecular weight is 463 g/mol. The summed E-state index contributed by atoms with van der Waals surface area (Å²) in [6.07, 6.45) is 6.23. The van der Waals surface area contributed by atoms with E-state index in [2.05, 4.69) is 9.97 Å². The second kappa shape index (κ2) is 11.0. The number of carbonyl (C=O) groups excluding carboxylic acids is 2. The van der Waals surface area contributed by atoms with Crippen molar-refractivity contribution in [2.45, 2.75) is 47.1 Å². The summed E-state index contributed by atoms with van der Waals surface area (Å²) in [5.41, 5.74) is 1.86. The van der Waals surface area contributed by atoms with Crippen LogP contribution in [0.25, 0.3) is 0 Å². The Morgan fingerprint density at radius 3 is 2.24 bits per heavy atom. The van der Waals surface area contributed by atoms with Crippen LogP contribution in [0.5, 0.6) is 0 Å². The van der Waals surface area contributed by atoms with Gasteiger partial charge in [0.2, 0.25) is 11.8 Å². The highest BCUT2D eigenvalue weighted by Crippen LogP contribution is 2.26. The third-order valence-corrected chi connectivity index (χ3v) is 5.40. The van der Waals surface area contributed by atoms with E-state index in [1.54, 1.807) is 46.6 Å². The van der Waals surface area contributed by atoms with Gasteiger partial charge in [0, 0.05) is 42.7 Å². The van der Waals surface area contributed by atoms with E-state index in [1.807, 2.05) is 45.9 Å². The zero-order valence-electron chi connectivity index (χ0n) is 20.2. The summed E-state index contributed by atoms with van der Waals surface area (Å²) in [4.78, 5) is 37.7. The van der Waals surface area contributed by atoms with Gasteiger partial charge in [-0.3, -0.25) is 19.5 Å². The molecule has 3 rings (SSSR count). The van der Waals surface area contributed by atoms with E-state index < -0.39 is 5.41 Å². The summed E-state index contributed by atoms with van der Waals surface area (Å²) in [6, 6.07) is 13.4. The highest BCUT2D eigenvalue weighted by Gasteiger charge is 2.28. The molecule has 0 radical (unpaired) electrons. The number of pyridine rings is 2. The van der Waals surface area contributed by atoms with Crippen LogP contribution in [-0.4, -0.2) is 28.3 Å². The molecule has 0 aliphatic heterocycles. The van der Waals surface area contributed by atoms with Crippen LogP contribution in [0.15, 0.2) is 67.1 Å². The van der Waals surface area contributed by atoms with E-state index in [-0.39, 0.29) is 24.2 Å². The topological polar surface area (TPSA) is 66.4 Å². The summed E-state index contributed by atoms with van der Waals surface area (Å²) in [5, 5.41) is 0. The maximum Gasteiger partial charge on any atom is 0.232 e. The summed E-state index contributed by atoms with van der Waals surface area (Å²) in [5.74, 6) is 0.113. The summed E-state index contributed by atoms with van der Waals surface area (Å²) >= 11 is 0. The van der Waals surface area contributed by atoms with E-state index >= 15 is 0 Å². The van der Waals surface area contributed by atoms with Gasteiger partial charge in [-0.05, 0) is 53.9 Å². The lowest BCUT2D eigenvalue weighted by molar-refractivity contribution is -0.126. The van der Waals surface area contributed by atoms with Gasteiger partial charge >= 0.3 is 0 Å². The third kappa shape index (κ3) is 6.47. The van der Waals surface area contributed by atoms with Crippen LogP contribution < -0.4 is 9.80 Å². The first-order valence-electron chi connectivity index (χ1n) is 11.4. The molecule has 0 saturated heterocycles. The molecule has 0 bridgehead atoms.